The van der Waals surface area contributed by atoms with Crippen molar-refractivity contribution in [3.63, 3.8) is 0 Å². The normalized spacial score (nSPS) is 27.2. The highest BCUT2D eigenvalue weighted by molar-refractivity contribution is 5.77. The summed E-state index contributed by atoms with van der Waals surface area (Å²) in [5, 5.41) is 0. The molecule has 1 aliphatic rings. The maximum atomic E-state index is 10.4. The molecule has 0 saturated carbocycles. The van der Waals surface area contributed by atoms with Gasteiger partial charge in [-0.25, -0.2) is 0 Å². The van der Waals surface area contributed by atoms with E-state index in [-0.39, 0.29) is 6.10 Å². The van der Waals surface area contributed by atoms with E-state index in [0.29, 0.717) is 12.2 Å². The van der Waals surface area contributed by atoms with Gasteiger partial charge < -0.3 is 9.47 Å². The zero-order valence-corrected chi connectivity index (χ0v) is 7.95. The lowest BCUT2D eigenvalue weighted by molar-refractivity contribution is -0.133. The van der Waals surface area contributed by atoms with Crippen LogP contribution in [0.1, 0.15) is 13.8 Å². The van der Waals surface area contributed by atoms with E-state index in [0.717, 1.165) is 6.29 Å². The van der Waals surface area contributed by atoms with E-state index in [1.807, 2.05) is 13.8 Å². The second-order valence-corrected chi connectivity index (χ2v) is 3.36. The van der Waals surface area contributed by atoms with Crippen LogP contribution in [0.3, 0.4) is 0 Å². The molecule has 1 aliphatic heterocycles. The molecule has 0 radical (unpaired) electrons. The Bertz CT molecular complexity index is 231. The molecular weight excluding hydrogens is 168 g/mol. The van der Waals surface area contributed by atoms with Gasteiger partial charge in [0, 0.05) is 5.57 Å². The van der Waals surface area contributed by atoms with Gasteiger partial charge in [-0.05, 0) is 19.9 Å². The van der Waals surface area contributed by atoms with Gasteiger partial charge in [0.25, 0.3) is 0 Å². The van der Waals surface area contributed by atoms with Crippen molar-refractivity contribution in [2.45, 2.75) is 25.7 Å². The summed E-state index contributed by atoms with van der Waals surface area (Å²) in [4.78, 5) is 10.4. The topological polar surface area (TPSA) is 35.5 Å². The van der Waals surface area contributed by atoms with Crippen LogP contribution in [-0.4, -0.2) is 24.8 Å². The summed E-state index contributed by atoms with van der Waals surface area (Å²) in [6, 6.07) is 0. The quantitative estimate of drug-likeness (QED) is 0.376. The molecule has 1 fully saturated rings. The Morgan fingerprint density at radius 3 is 2.69 bits per heavy atom. The van der Waals surface area contributed by atoms with Gasteiger partial charge in [0.05, 0.1) is 6.61 Å². The van der Waals surface area contributed by atoms with Crippen LogP contribution < -0.4 is 0 Å². The first kappa shape index (κ1) is 10.2. The number of carbonyl (C=O) groups excluding carboxylic acids is 1. The molecule has 1 heterocycles. The van der Waals surface area contributed by atoms with Gasteiger partial charge in [-0.15, -0.1) is 0 Å². The van der Waals surface area contributed by atoms with Crippen molar-refractivity contribution in [3.8, 4) is 0 Å². The summed E-state index contributed by atoms with van der Waals surface area (Å²) in [7, 11) is 0. The minimum absolute atomic E-state index is 0.145. The van der Waals surface area contributed by atoms with E-state index in [1.165, 1.54) is 6.08 Å². The van der Waals surface area contributed by atoms with E-state index >= 15 is 0 Å². The SMILES string of the molecule is C=C/C(C=O)=C/[C@H]1COC(C)(C)O1. The molecule has 1 rings (SSSR count). The van der Waals surface area contributed by atoms with Crippen molar-refractivity contribution in [1.29, 1.82) is 0 Å². The van der Waals surface area contributed by atoms with Crippen molar-refractivity contribution in [1.82, 2.24) is 0 Å². The van der Waals surface area contributed by atoms with Gasteiger partial charge >= 0.3 is 0 Å². The van der Waals surface area contributed by atoms with Crippen molar-refractivity contribution in [2.75, 3.05) is 6.61 Å². The third kappa shape index (κ3) is 2.79. The Labute approximate surface area is 78.0 Å². The summed E-state index contributed by atoms with van der Waals surface area (Å²) < 4.78 is 10.8. The average Bonchev–Trinajstić information content (AvgIpc) is 2.41. The highest BCUT2D eigenvalue weighted by atomic mass is 16.7. The monoisotopic (exact) mass is 182 g/mol. The molecule has 0 unspecified atom stereocenters. The first-order valence-electron chi connectivity index (χ1n) is 4.18. The van der Waals surface area contributed by atoms with Crippen LogP contribution in [0.5, 0.6) is 0 Å². The average molecular weight is 182 g/mol. The van der Waals surface area contributed by atoms with Crippen LogP contribution in [-0.2, 0) is 14.3 Å². The van der Waals surface area contributed by atoms with Crippen molar-refractivity contribution in [3.05, 3.63) is 24.3 Å². The lowest BCUT2D eigenvalue weighted by Crippen LogP contribution is -2.20. The highest BCUT2D eigenvalue weighted by Gasteiger charge is 2.31. The first-order valence-corrected chi connectivity index (χ1v) is 4.18. The Morgan fingerprint density at radius 2 is 2.31 bits per heavy atom. The maximum Gasteiger partial charge on any atom is 0.163 e. The molecule has 1 atom stereocenters. The fraction of sp³-hybridized carbons (Fsp3) is 0.500. The van der Waals surface area contributed by atoms with E-state index in [9.17, 15) is 4.79 Å². The Morgan fingerprint density at radius 1 is 1.62 bits per heavy atom. The highest BCUT2D eigenvalue weighted by Crippen LogP contribution is 2.23. The van der Waals surface area contributed by atoms with Crippen LogP contribution in [0.2, 0.25) is 0 Å². The van der Waals surface area contributed by atoms with Gasteiger partial charge in [-0.3, -0.25) is 4.79 Å². The fourth-order valence-electron chi connectivity index (χ4n) is 1.17. The van der Waals surface area contributed by atoms with Crippen LogP contribution >= 0.6 is 0 Å². The summed E-state index contributed by atoms with van der Waals surface area (Å²) in [5.41, 5.74) is 0.534. The lowest BCUT2D eigenvalue weighted by atomic mass is 10.2. The number of allylic oxidation sites excluding steroid dienone is 2. The molecule has 13 heavy (non-hydrogen) atoms. The zero-order chi connectivity index (χ0) is 9.90. The summed E-state index contributed by atoms with van der Waals surface area (Å²) in [5.74, 6) is -0.545. The van der Waals surface area contributed by atoms with Gasteiger partial charge in [0.1, 0.15) is 12.4 Å². The second kappa shape index (κ2) is 3.85. The predicted octanol–water partition coefficient (Wildman–Crippen LogP) is 1.45. The first-order chi connectivity index (χ1) is 6.07. The summed E-state index contributed by atoms with van der Waals surface area (Å²) in [6.45, 7) is 7.68. The standard InChI is InChI=1S/C10H14O3/c1-4-8(6-11)5-9-7-12-10(2,3)13-9/h4-6,9H,1,7H2,2-3H3/b8-5-/t9-/m0/s1. The molecule has 72 valence electrons. The van der Waals surface area contributed by atoms with Gasteiger partial charge in [-0.2, -0.15) is 0 Å². The van der Waals surface area contributed by atoms with Gasteiger partial charge in [0.15, 0.2) is 5.79 Å². The van der Waals surface area contributed by atoms with Crippen molar-refractivity contribution >= 4 is 6.29 Å². The van der Waals surface area contributed by atoms with Crippen LogP contribution in [0, 0.1) is 0 Å². The Kier molecular flexibility index (Phi) is 3.01. The predicted molar refractivity (Wildman–Crippen MR) is 49.2 cm³/mol. The smallest absolute Gasteiger partial charge is 0.163 e. The van der Waals surface area contributed by atoms with Crippen LogP contribution in [0.15, 0.2) is 24.3 Å². The molecule has 0 aromatic rings. The van der Waals surface area contributed by atoms with Gasteiger partial charge in [-0.1, -0.05) is 12.7 Å². The molecule has 1 saturated heterocycles. The summed E-state index contributed by atoms with van der Waals surface area (Å²) >= 11 is 0. The number of rotatable bonds is 3. The maximum absolute atomic E-state index is 10.4. The third-order valence-corrected chi connectivity index (χ3v) is 1.78. The molecule has 0 aliphatic carbocycles. The number of ether oxygens (including phenoxy) is 2. The molecule has 3 heteroatoms. The zero-order valence-electron chi connectivity index (χ0n) is 7.95. The fourth-order valence-corrected chi connectivity index (χ4v) is 1.17. The molecule has 0 bridgehead atoms. The van der Waals surface area contributed by atoms with E-state index in [1.54, 1.807) is 6.08 Å². The van der Waals surface area contributed by atoms with Crippen LogP contribution in [0.25, 0.3) is 0 Å². The minimum atomic E-state index is -0.545. The van der Waals surface area contributed by atoms with Crippen molar-refractivity contribution in [2.24, 2.45) is 0 Å². The molecule has 3 nitrogen and oxygen atoms in total. The van der Waals surface area contributed by atoms with E-state index < -0.39 is 5.79 Å². The minimum Gasteiger partial charge on any atom is -0.347 e. The third-order valence-electron chi connectivity index (χ3n) is 1.78. The largest absolute Gasteiger partial charge is 0.347 e. The van der Waals surface area contributed by atoms with Crippen molar-refractivity contribution < 1.29 is 14.3 Å². The molecule has 0 amide bonds. The van der Waals surface area contributed by atoms with E-state index in [2.05, 4.69) is 6.58 Å². The second-order valence-electron chi connectivity index (χ2n) is 3.36. The van der Waals surface area contributed by atoms with Gasteiger partial charge in [0.2, 0.25) is 0 Å². The Hall–Kier alpha value is -0.930. The number of hydrogen-bond donors (Lipinski definition) is 0. The number of hydrogen-bond acceptors (Lipinski definition) is 3. The molecule has 0 aromatic carbocycles. The number of aldehydes is 1. The Balaban J connectivity index is 2.61. The lowest BCUT2D eigenvalue weighted by Gasteiger charge is -2.15. The molecule has 0 spiro atoms. The van der Waals surface area contributed by atoms with E-state index in [4.69, 9.17) is 9.47 Å². The molecule has 0 N–H and O–H groups in total. The molecule has 0 aromatic heterocycles. The number of carbonyl (C=O) groups is 1. The summed E-state index contributed by atoms with van der Waals surface area (Å²) in [6.07, 6.45) is 3.83. The molecular formula is C10H14O3. The van der Waals surface area contributed by atoms with Crippen LogP contribution in [0.4, 0.5) is 0 Å².